The maximum atomic E-state index is 12.4. The average molecular weight is 380 g/mol. The third-order valence-corrected chi connectivity index (χ3v) is 5.20. The normalized spacial score (nSPS) is 14.6. The molecule has 1 atom stereocenters. The van der Waals surface area contributed by atoms with Crippen LogP contribution in [0.25, 0.3) is 0 Å². The molecular weight excluding hydrogens is 347 g/mol. The number of ether oxygens (including phenoxy) is 1. The molecule has 0 radical (unpaired) electrons. The summed E-state index contributed by atoms with van der Waals surface area (Å²) in [5, 5.41) is 0. The van der Waals surface area contributed by atoms with Crippen molar-refractivity contribution < 1.29 is 18.7 Å². The molecule has 1 unspecified atom stereocenters. The van der Waals surface area contributed by atoms with Crippen molar-refractivity contribution in [3.63, 3.8) is 0 Å². The second-order valence-corrected chi connectivity index (χ2v) is 10.3. The molecule has 0 saturated carbocycles. The summed E-state index contributed by atoms with van der Waals surface area (Å²) < 4.78 is 23.5. The second kappa shape index (κ2) is 8.56. The highest BCUT2D eigenvalue weighted by Gasteiger charge is 2.29. The summed E-state index contributed by atoms with van der Waals surface area (Å²) in [4.78, 5) is 10.1. The molecule has 0 heterocycles. The lowest BCUT2D eigenvalue weighted by Gasteiger charge is -2.30. The van der Waals surface area contributed by atoms with Gasteiger partial charge in [-0.05, 0) is 16.4 Å². The van der Waals surface area contributed by atoms with Crippen LogP contribution >= 0.6 is 7.60 Å². The van der Waals surface area contributed by atoms with Gasteiger partial charge in [-0.3, -0.25) is 4.57 Å². The zero-order valence-electron chi connectivity index (χ0n) is 17.0. The molecule has 0 aliphatic heterocycles. The van der Waals surface area contributed by atoms with Gasteiger partial charge in [-0.25, -0.2) is 0 Å². The van der Waals surface area contributed by atoms with E-state index >= 15 is 0 Å². The Morgan fingerprint density at radius 3 is 1.85 bits per heavy atom. The maximum Gasteiger partial charge on any atom is 0.332 e. The van der Waals surface area contributed by atoms with Crippen LogP contribution in [0.2, 0.25) is 0 Å². The highest BCUT2D eigenvalue weighted by Crippen LogP contribution is 2.48. The van der Waals surface area contributed by atoms with Gasteiger partial charge in [0.2, 0.25) is 0 Å². The molecule has 1 N–H and O–H groups in total. The zero-order chi connectivity index (χ0) is 20.2. The van der Waals surface area contributed by atoms with Crippen LogP contribution in [0, 0.1) is 0 Å². The van der Waals surface area contributed by atoms with Crippen LogP contribution < -0.4 is 4.74 Å². The van der Waals surface area contributed by atoms with Crippen molar-refractivity contribution in [1.29, 1.82) is 0 Å². The molecular formula is C21H33O4P. The molecule has 0 aliphatic rings. The highest BCUT2D eigenvalue weighted by atomic mass is 31.2. The third-order valence-electron chi connectivity index (χ3n) is 3.89. The van der Waals surface area contributed by atoms with Crippen LogP contribution in [0.5, 0.6) is 5.75 Å². The minimum atomic E-state index is -3.74. The van der Waals surface area contributed by atoms with Crippen LogP contribution in [-0.2, 0) is 26.1 Å². The quantitative estimate of drug-likeness (QED) is 0.462. The molecule has 1 rings (SSSR count). The van der Waals surface area contributed by atoms with Crippen LogP contribution in [0.4, 0.5) is 0 Å². The van der Waals surface area contributed by atoms with Crippen molar-refractivity contribution in [1.82, 2.24) is 0 Å². The lowest BCUT2D eigenvalue weighted by molar-refractivity contribution is 0.286. The lowest BCUT2D eigenvalue weighted by Crippen LogP contribution is -2.20. The molecule has 0 bridgehead atoms. The summed E-state index contributed by atoms with van der Waals surface area (Å²) in [5.41, 5.74) is 2.40. The predicted octanol–water partition coefficient (Wildman–Crippen LogP) is 5.73. The minimum Gasteiger partial charge on any atom is -0.489 e. The molecule has 1 aromatic carbocycles. The van der Waals surface area contributed by atoms with Gasteiger partial charge in [0.15, 0.2) is 0 Å². The van der Waals surface area contributed by atoms with Gasteiger partial charge in [0.25, 0.3) is 0 Å². The molecule has 0 aliphatic carbocycles. The molecule has 0 fully saturated rings. The molecule has 0 saturated heterocycles. The first-order chi connectivity index (χ1) is 11.8. The summed E-state index contributed by atoms with van der Waals surface area (Å²) in [7, 11) is -3.74. The molecule has 0 amide bonds. The van der Waals surface area contributed by atoms with Crippen molar-refractivity contribution in [2.24, 2.45) is 0 Å². The molecule has 0 spiro atoms. The van der Waals surface area contributed by atoms with E-state index in [2.05, 4.69) is 54.7 Å². The summed E-state index contributed by atoms with van der Waals surface area (Å²) in [5.74, 6) is 0.827. The number of rotatable bonds is 8. The molecule has 1 aromatic rings. The summed E-state index contributed by atoms with van der Waals surface area (Å²) in [6, 6.07) is 3.90. The molecule has 5 heteroatoms. The number of hydrogen-bond acceptors (Lipinski definition) is 3. The Balaban J connectivity index is 3.53. The van der Waals surface area contributed by atoms with Gasteiger partial charge in [-0.1, -0.05) is 72.4 Å². The van der Waals surface area contributed by atoms with Gasteiger partial charge in [-0.15, -0.1) is 6.58 Å². The summed E-state index contributed by atoms with van der Waals surface area (Å²) in [6.07, 6.45) is 3.14. The predicted molar refractivity (Wildman–Crippen MR) is 109 cm³/mol. The first-order valence-corrected chi connectivity index (χ1v) is 10.6. The van der Waals surface area contributed by atoms with Crippen molar-refractivity contribution in [3.05, 3.63) is 54.1 Å². The third kappa shape index (κ3) is 6.42. The van der Waals surface area contributed by atoms with Crippen LogP contribution in [0.1, 0.15) is 58.2 Å². The Bertz CT molecular complexity index is 658. The van der Waals surface area contributed by atoms with E-state index in [-0.39, 0.29) is 23.6 Å². The molecule has 0 aromatic heterocycles. The molecule has 4 nitrogen and oxygen atoms in total. The Labute approximate surface area is 158 Å². The lowest BCUT2D eigenvalue weighted by atomic mass is 9.78. The van der Waals surface area contributed by atoms with Gasteiger partial charge < -0.3 is 14.2 Å². The van der Waals surface area contributed by atoms with Crippen molar-refractivity contribution in [2.45, 2.75) is 58.5 Å². The van der Waals surface area contributed by atoms with Crippen molar-refractivity contribution >= 4 is 7.60 Å². The fourth-order valence-corrected chi connectivity index (χ4v) is 3.71. The van der Waals surface area contributed by atoms with Crippen LogP contribution in [-0.4, -0.2) is 18.1 Å². The van der Waals surface area contributed by atoms with Crippen molar-refractivity contribution in [3.8, 4) is 5.75 Å². The van der Waals surface area contributed by atoms with Gasteiger partial charge in [0, 0.05) is 11.1 Å². The number of benzene rings is 1. The van der Waals surface area contributed by atoms with Crippen molar-refractivity contribution in [2.75, 3.05) is 13.2 Å². The summed E-state index contributed by atoms with van der Waals surface area (Å²) in [6.45, 7) is 20.3. The van der Waals surface area contributed by atoms with E-state index in [0.717, 1.165) is 22.4 Å². The Kier molecular flexibility index (Phi) is 7.47. The first kappa shape index (κ1) is 22.7. The van der Waals surface area contributed by atoms with Crippen LogP contribution in [0.15, 0.2) is 37.4 Å². The topological polar surface area (TPSA) is 55.8 Å². The van der Waals surface area contributed by atoms with E-state index in [1.807, 2.05) is 12.1 Å². The molecule has 26 heavy (non-hydrogen) atoms. The highest BCUT2D eigenvalue weighted by molar-refractivity contribution is 7.51. The van der Waals surface area contributed by atoms with E-state index < -0.39 is 7.60 Å². The van der Waals surface area contributed by atoms with Gasteiger partial charge >= 0.3 is 7.60 Å². The zero-order valence-corrected chi connectivity index (χ0v) is 17.9. The Morgan fingerprint density at radius 1 is 1.00 bits per heavy atom. The smallest absolute Gasteiger partial charge is 0.332 e. The average Bonchev–Trinajstić information content (AvgIpc) is 2.48. The Hall–Kier alpha value is -1.35. The number of hydrogen-bond donors (Lipinski definition) is 1. The fraction of sp³-hybridized carbons (Fsp3) is 0.524. The molecule has 146 valence electrons. The Morgan fingerprint density at radius 2 is 1.46 bits per heavy atom. The second-order valence-electron chi connectivity index (χ2n) is 8.50. The van der Waals surface area contributed by atoms with Gasteiger partial charge in [-0.2, -0.15) is 0 Å². The van der Waals surface area contributed by atoms with Gasteiger partial charge in [0.1, 0.15) is 12.4 Å². The largest absolute Gasteiger partial charge is 0.489 e. The van der Waals surface area contributed by atoms with E-state index in [4.69, 9.17) is 9.26 Å². The summed E-state index contributed by atoms with van der Waals surface area (Å²) >= 11 is 0. The maximum absolute atomic E-state index is 12.4. The van der Waals surface area contributed by atoms with E-state index in [9.17, 15) is 9.46 Å². The SMILES string of the molecule is C=CCOc1c(C(C)(C)C)cc(CP(=O)(O)OCC=C)cc1C(C)(C)C. The fourth-order valence-electron chi connectivity index (χ4n) is 2.64. The van der Waals surface area contributed by atoms with Gasteiger partial charge in [0.05, 0.1) is 12.8 Å². The first-order valence-electron chi connectivity index (χ1n) is 8.80. The minimum absolute atomic E-state index is 0.0469. The van der Waals surface area contributed by atoms with Crippen LogP contribution in [0.3, 0.4) is 0 Å². The van der Waals surface area contributed by atoms with E-state index in [1.54, 1.807) is 6.08 Å². The van der Waals surface area contributed by atoms with E-state index in [1.165, 1.54) is 6.08 Å². The standard InChI is InChI=1S/C21H33O4P/c1-9-11-24-19-17(20(3,4)5)13-16(14-18(19)21(6,7)8)15-26(22,23)25-12-10-2/h9-10,13-14H,1-2,11-12,15H2,3-8H3,(H,22,23). The monoisotopic (exact) mass is 380 g/mol. The van der Waals surface area contributed by atoms with E-state index in [0.29, 0.717) is 6.61 Å².